The van der Waals surface area contributed by atoms with Gasteiger partial charge in [0, 0.05) is 6.04 Å². The molecule has 1 saturated carbocycles. The van der Waals surface area contributed by atoms with Crippen LogP contribution in [0.2, 0.25) is 5.02 Å². The Morgan fingerprint density at radius 3 is 2.75 bits per heavy atom. The number of nitrogens with two attached hydrogens (primary N) is 1. The van der Waals surface area contributed by atoms with Gasteiger partial charge in [0.15, 0.2) is 5.82 Å². The Kier molecular flexibility index (Phi) is 4.63. The van der Waals surface area contributed by atoms with Gasteiger partial charge in [-0.05, 0) is 41.3 Å². The molecule has 0 aromatic heterocycles. The van der Waals surface area contributed by atoms with Crippen molar-refractivity contribution in [3.05, 3.63) is 21.4 Å². The molecule has 1 atom stereocenters. The van der Waals surface area contributed by atoms with Crippen LogP contribution in [0.3, 0.4) is 0 Å². The number of hydrogen-bond donors (Lipinski definition) is 2. The average Bonchev–Trinajstić information content (AvgIpc) is 3.13. The van der Waals surface area contributed by atoms with Gasteiger partial charge in [0.05, 0.1) is 15.2 Å². The van der Waals surface area contributed by atoms with Crippen LogP contribution in [0.15, 0.2) is 15.4 Å². The first-order chi connectivity index (χ1) is 9.22. The topological polar surface area (TPSA) is 72.2 Å². The number of sulfonamides is 1. The van der Waals surface area contributed by atoms with Gasteiger partial charge in [0.1, 0.15) is 4.90 Å². The van der Waals surface area contributed by atoms with Crippen LogP contribution in [0.25, 0.3) is 0 Å². The minimum Gasteiger partial charge on any atom is -0.395 e. The molecule has 1 aromatic carbocycles. The van der Waals surface area contributed by atoms with E-state index in [2.05, 4.69) is 20.7 Å². The first-order valence-corrected chi connectivity index (χ1v) is 8.83. The molecule has 0 radical (unpaired) electrons. The molecule has 4 nitrogen and oxygen atoms in total. The lowest BCUT2D eigenvalue weighted by Gasteiger charge is -2.15. The summed E-state index contributed by atoms with van der Waals surface area (Å²) in [5, 5.41) is 0.0547. The van der Waals surface area contributed by atoms with Crippen molar-refractivity contribution in [3.8, 4) is 0 Å². The summed E-state index contributed by atoms with van der Waals surface area (Å²) in [6, 6.07) is 0.805. The minimum absolute atomic E-state index is 0.0547. The van der Waals surface area contributed by atoms with Crippen molar-refractivity contribution in [3.63, 3.8) is 0 Å². The van der Waals surface area contributed by atoms with Crippen LogP contribution in [-0.4, -0.2) is 14.5 Å². The van der Waals surface area contributed by atoms with Crippen molar-refractivity contribution in [2.75, 3.05) is 5.73 Å². The highest BCUT2D eigenvalue weighted by Crippen LogP contribution is 2.36. The fourth-order valence-corrected chi connectivity index (χ4v) is 3.96. The fraction of sp³-hybridized carbons (Fsp3) is 0.500. The van der Waals surface area contributed by atoms with Gasteiger partial charge in [0.2, 0.25) is 10.0 Å². The van der Waals surface area contributed by atoms with Crippen molar-refractivity contribution >= 4 is 43.2 Å². The van der Waals surface area contributed by atoms with Crippen LogP contribution in [-0.2, 0) is 10.0 Å². The summed E-state index contributed by atoms with van der Waals surface area (Å²) < 4.78 is 41.0. The van der Waals surface area contributed by atoms with E-state index >= 15 is 0 Å². The van der Waals surface area contributed by atoms with Crippen molar-refractivity contribution < 1.29 is 12.8 Å². The monoisotopic (exact) mass is 384 g/mol. The highest BCUT2D eigenvalue weighted by Gasteiger charge is 2.29. The molecule has 8 heteroatoms. The Bertz CT molecular complexity index is 635. The highest BCUT2D eigenvalue weighted by atomic mass is 79.9. The number of anilines is 1. The summed E-state index contributed by atoms with van der Waals surface area (Å²) in [5.74, 6) is -0.427. The summed E-state index contributed by atoms with van der Waals surface area (Å²) >= 11 is 8.85. The van der Waals surface area contributed by atoms with Crippen molar-refractivity contribution in [1.82, 2.24) is 4.72 Å². The van der Waals surface area contributed by atoms with Gasteiger partial charge in [-0.3, -0.25) is 0 Å². The van der Waals surface area contributed by atoms with E-state index in [0.29, 0.717) is 5.92 Å². The molecular weight excluding hydrogens is 371 g/mol. The van der Waals surface area contributed by atoms with Crippen LogP contribution in [0, 0.1) is 11.7 Å². The van der Waals surface area contributed by atoms with E-state index in [1.807, 2.05) is 0 Å². The lowest BCUT2D eigenvalue weighted by atomic mass is 10.2. The van der Waals surface area contributed by atoms with E-state index in [1.165, 1.54) is 0 Å². The van der Waals surface area contributed by atoms with E-state index < -0.39 is 20.7 Å². The summed E-state index contributed by atoms with van der Waals surface area (Å²) in [7, 11) is -3.98. The quantitative estimate of drug-likeness (QED) is 0.603. The van der Waals surface area contributed by atoms with Crippen LogP contribution in [0.5, 0.6) is 0 Å². The maximum absolute atomic E-state index is 14.0. The van der Waals surface area contributed by atoms with Gasteiger partial charge >= 0.3 is 0 Å². The second kappa shape index (κ2) is 5.79. The average molecular weight is 386 g/mol. The normalized spacial score (nSPS) is 17.2. The zero-order valence-corrected chi connectivity index (χ0v) is 13.9. The lowest BCUT2D eigenvalue weighted by Crippen LogP contribution is -2.33. The molecule has 2 rings (SSSR count). The predicted molar refractivity (Wildman–Crippen MR) is 80.6 cm³/mol. The molecule has 3 N–H and O–H groups in total. The first kappa shape index (κ1) is 16.0. The summed E-state index contributed by atoms with van der Waals surface area (Å²) in [4.78, 5) is -0.522. The number of benzene rings is 1. The van der Waals surface area contributed by atoms with Gasteiger partial charge in [-0.2, -0.15) is 0 Å². The number of hydrogen-bond acceptors (Lipinski definition) is 3. The molecule has 1 fully saturated rings. The molecule has 0 aliphatic heterocycles. The van der Waals surface area contributed by atoms with Gasteiger partial charge in [0.25, 0.3) is 0 Å². The van der Waals surface area contributed by atoms with Crippen molar-refractivity contribution in [1.29, 1.82) is 0 Å². The number of nitrogen functional groups attached to an aromatic ring is 1. The summed E-state index contributed by atoms with van der Waals surface area (Å²) in [5.41, 5.74) is 5.19. The summed E-state index contributed by atoms with van der Waals surface area (Å²) in [6.45, 7) is 1.76. The molecule has 112 valence electrons. The van der Waals surface area contributed by atoms with E-state index in [1.54, 1.807) is 6.92 Å². The third-order valence-electron chi connectivity index (χ3n) is 3.19. The van der Waals surface area contributed by atoms with E-state index in [9.17, 15) is 12.8 Å². The zero-order valence-electron chi connectivity index (χ0n) is 10.8. The van der Waals surface area contributed by atoms with Crippen LogP contribution < -0.4 is 10.5 Å². The molecule has 1 unspecified atom stereocenters. The molecular formula is C12H15BrClFN2O2S. The van der Waals surface area contributed by atoms with Crippen molar-refractivity contribution in [2.45, 2.75) is 37.1 Å². The van der Waals surface area contributed by atoms with Gasteiger partial charge in [-0.15, -0.1) is 0 Å². The third-order valence-corrected chi connectivity index (χ3v) is 6.16. The molecule has 0 saturated heterocycles. The number of halogens is 3. The Balaban J connectivity index is 2.29. The SMILES string of the molecule is CC(CC1CC1)NS(=O)(=O)c1cc(Cl)c(Br)c(N)c1F. The van der Waals surface area contributed by atoms with Gasteiger partial charge in [-0.1, -0.05) is 24.4 Å². The summed E-state index contributed by atoms with van der Waals surface area (Å²) in [6.07, 6.45) is 3.00. The van der Waals surface area contributed by atoms with Crippen molar-refractivity contribution in [2.24, 2.45) is 5.92 Å². The molecule has 1 aliphatic rings. The number of nitrogens with one attached hydrogen (secondary N) is 1. The first-order valence-electron chi connectivity index (χ1n) is 6.17. The predicted octanol–water partition coefficient (Wildman–Crippen LogP) is 3.29. The Morgan fingerprint density at radius 1 is 1.60 bits per heavy atom. The Labute approximate surface area is 131 Å². The fourth-order valence-electron chi connectivity index (χ4n) is 2.03. The smallest absolute Gasteiger partial charge is 0.243 e. The molecule has 0 heterocycles. The molecule has 0 amide bonds. The highest BCUT2D eigenvalue weighted by molar-refractivity contribution is 9.10. The largest absolute Gasteiger partial charge is 0.395 e. The molecule has 0 spiro atoms. The molecule has 20 heavy (non-hydrogen) atoms. The second-order valence-electron chi connectivity index (χ2n) is 5.10. The number of rotatable bonds is 5. The van der Waals surface area contributed by atoms with E-state index in [4.69, 9.17) is 17.3 Å². The standard InChI is InChI=1S/C12H15BrClFN2O2S/c1-6(4-7-2-3-7)17-20(18,19)9-5-8(14)10(13)12(16)11(9)15/h5-7,17H,2-4,16H2,1H3. The maximum atomic E-state index is 14.0. The van der Waals surface area contributed by atoms with E-state index in [0.717, 1.165) is 25.3 Å². The lowest BCUT2D eigenvalue weighted by molar-refractivity contribution is 0.521. The van der Waals surface area contributed by atoms with Crippen LogP contribution in [0.4, 0.5) is 10.1 Å². The van der Waals surface area contributed by atoms with Gasteiger partial charge < -0.3 is 5.73 Å². The van der Waals surface area contributed by atoms with Crippen LogP contribution >= 0.6 is 27.5 Å². The maximum Gasteiger partial charge on any atom is 0.243 e. The van der Waals surface area contributed by atoms with Crippen LogP contribution in [0.1, 0.15) is 26.2 Å². The van der Waals surface area contributed by atoms with E-state index in [-0.39, 0.29) is 21.2 Å². The minimum atomic E-state index is -3.98. The molecule has 0 bridgehead atoms. The Morgan fingerprint density at radius 2 is 2.20 bits per heavy atom. The second-order valence-corrected chi connectivity index (χ2v) is 7.98. The Hall–Kier alpha value is -0.370. The molecule has 1 aliphatic carbocycles. The van der Waals surface area contributed by atoms with Gasteiger partial charge in [-0.25, -0.2) is 17.5 Å². The molecule has 1 aromatic rings. The zero-order chi connectivity index (χ0) is 15.1. The third kappa shape index (κ3) is 3.44.